The number of nitrogens with one attached hydrogen (secondary N) is 1. The van der Waals surface area contributed by atoms with E-state index >= 15 is 0 Å². The minimum atomic E-state index is -0.0770. The molecule has 1 fully saturated rings. The first-order chi connectivity index (χ1) is 14.2. The molecule has 0 aromatic heterocycles. The summed E-state index contributed by atoms with van der Waals surface area (Å²) in [6, 6.07) is 13.7. The van der Waals surface area contributed by atoms with Gasteiger partial charge in [-0.05, 0) is 41.5 Å². The van der Waals surface area contributed by atoms with Crippen LogP contribution in [-0.4, -0.2) is 55.9 Å². The fraction of sp³-hybridized carbons (Fsp3) is 0.318. The van der Waals surface area contributed by atoms with Gasteiger partial charge < -0.3 is 24.4 Å². The quantitative estimate of drug-likeness (QED) is 0.844. The molecule has 152 valence electrons. The zero-order chi connectivity index (χ0) is 20.1. The average Bonchev–Trinajstić information content (AvgIpc) is 3.22. The topological polar surface area (TPSA) is 63.3 Å². The Labute approximate surface area is 170 Å². The predicted octanol–water partition coefficient (Wildman–Crippen LogP) is 2.92. The van der Waals surface area contributed by atoms with E-state index < -0.39 is 0 Å². The van der Waals surface area contributed by atoms with E-state index in [-0.39, 0.29) is 6.03 Å². The fourth-order valence-electron chi connectivity index (χ4n) is 3.45. The van der Waals surface area contributed by atoms with E-state index in [1.165, 1.54) is 5.56 Å². The average molecular weight is 395 g/mol. The molecule has 0 spiro atoms. The Morgan fingerprint density at radius 2 is 1.93 bits per heavy atom. The second-order valence-corrected chi connectivity index (χ2v) is 7.01. The molecule has 2 aromatic rings. The molecule has 29 heavy (non-hydrogen) atoms. The number of nitrogens with zero attached hydrogens (tertiary/aromatic N) is 2. The van der Waals surface area contributed by atoms with Crippen molar-refractivity contribution in [1.29, 1.82) is 0 Å². The lowest BCUT2D eigenvalue weighted by Crippen LogP contribution is -2.50. The number of hydrogen-bond acceptors (Lipinski definition) is 5. The number of ether oxygens (including phenoxy) is 3. The van der Waals surface area contributed by atoms with Crippen molar-refractivity contribution in [2.75, 3.05) is 40.1 Å². The number of methoxy groups -OCH3 is 1. The van der Waals surface area contributed by atoms with Gasteiger partial charge in [0.2, 0.25) is 6.79 Å². The Kier molecular flexibility index (Phi) is 5.86. The number of urea groups is 1. The van der Waals surface area contributed by atoms with Crippen LogP contribution in [0.15, 0.2) is 48.7 Å². The zero-order valence-corrected chi connectivity index (χ0v) is 16.5. The Morgan fingerprint density at radius 1 is 1.10 bits per heavy atom. The number of carbonyl (C=O) groups excluding carboxylic acids is 1. The highest BCUT2D eigenvalue weighted by atomic mass is 16.7. The molecule has 7 heteroatoms. The van der Waals surface area contributed by atoms with Gasteiger partial charge >= 0.3 is 6.03 Å². The summed E-state index contributed by atoms with van der Waals surface area (Å²) in [6.07, 6.45) is 3.53. The maximum atomic E-state index is 12.4. The highest BCUT2D eigenvalue weighted by molar-refractivity contribution is 5.76. The molecule has 0 radical (unpaired) electrons. The van der Waals surface area contributed by atoms with Crippen LogP contribution < -0.4 is 19.5 Å². The van der Waals surface area contributed by atoms with E-state index in [1.807, 2.05) is 47.4 Å². The third-order valence-electron chi connectivity index (χ3n) is 5.08. The van der Waals surface area contributed by atoms with E-state index in [0.29, 0.717) is 19.9 Å². The van der Waals surface area contributed by atoms with Crippen LogP contribution in [0.4, 0.5) is 4.79 Å². The van der Waals surface area contributed by atoms with Crippen LogP contribution in [0.25, 0.3) is 6.08 Å². The van der Waals surface area contributed by atoms with Crippen LogP contribution in [-0.2, 0) is 6.54 Å². The first-order valence-electron chi connectivity index (χ1n) is 9.68. The molecular weight excluding hydrogens is 370 g/mol. The van der Waals surface area contributed by atoms with Crippen LogP contribution >= 0.6 is 0 Å². The maximum Gasteiger partial charge on any atom is 0.321 e. The predicted molar refractivity (Wildman–Crippen MR) is 110 cm³/mol. The third-order valence-corrected chi connectivity index (χ3v) is 5.08. The van der Waals surface area contributed by atoms with Crippen LogP contribution in [0.1, 0.15) is 11.1 Å². The summed E-state index contributed by atoms with van der Waals surface area (Å²) < 4.78 is 16.0. The molecule has 2 aliphatic heterocycles. The summed E-state index contributed by atoms with van der Waals surface area (Å²) in [6.45, 7) is 4.19. The van der Waals surface area contributed by atoms with Crippen molar-refractivity contribution < 1.29 is 19.0 Å². The summed E-state index contributed by atoms with van der Waals surface area (Å²) in [5.74, 6) is 2.40. The van der Waals surface area contributed by atoms with Gasteiger partial charge in [-0.25, -0.2) is 4.79 Å². The minimum Gasteiger partial charge on any atom is -0.497 e. The number of benzene rings is 2. The number of hydrogen-bond donors (Lipinski definition) is 1. The Balaban J connectivity index is 1.23. The summed E-state index contributed by atoms with van der Waals surface area (Å²) in [5, 5.41) is 2.85. The van der Waals surface area contributed by atoms with Crippen LogP contribution in [0, 0.1) is 0 Å². The number of amides is 2. The summed E-state index contributed by atoms with van der Waals surface area (Å²) in [5.41, 5.74) is 2.16. The van der Waals surface area contributed by atoms with Gasteiger partial charge in [0, 0.05) is 38.9 Å². The standard InChI is InChI=1S/C22H25N3O4/c1-27-19-4-2-3-17(13-19)7-8-23-22(26)25-11-9-24(10-12-25)15-18-5-6-20-21(14-18)29-16-28-20/h2-8,13-14H,9-12,15-16H2,1H3,(H,23,26)/b8-7+. The van der Waals surface area contributed by atoms with E-state index in [4.69, 9.17) is 14.2 Å². The van der Waals surface area contributed by atoms with Crippen LogP contribution in [0.3, 0.4) is 0 Å². The van der Waals surface area contributed by atoms with Gasteiger partial charge in [0.05, 0.1) is 7.11 Å². The SMILES string of the molecule is COc1cccc(/C=C/NC(=O)N2CCN(Cc3ccc4c(c3)OCO4)CC2)c1. The molecule has 2 aliphatic rings. The summed E-state index contributed by atoms with van der Waals surface area (Å²) in [7, 11) is 1.64. The van der Waals surface area contributed by atoms with Gasteiger partial charge in [-0.3, -0.25) is 4.90 Å². The number of piperazine rings is 1. The van der Waals surface area contributed by atoms with Crippen molar-refractivity contribution in [3.8, 4) is 17.2 Å². The van der Waals surface area contributed by atoms with E-state index in [0.717, 1.165) is 42.4 Å². The molecule has 4 rings (SSSR count). The highest BCUT2D eigenvalue weighted by Crippen LogP contribution is 2.32. The Bertz CT molecular complexity index is 891. The van der Waals surface area contributed by atoms with E-state index in [1.54, 1.807) is 13.3 Å². The van der Waals surface area contributed by atoms with Crippen molar-refractivity contribution in [2.45, 2.75) is 6.54 Å². The monoisotopic (exact) mass is 395 g/mol. The van der Waals surface area contributed by atoms with Gasteiger partial charge in [0.25, 0.3) is 0 Å². The molecule has 1 N–H and O–H groups in total. The van der Waals surface area contributed by atoms with E-state index in [9.17, 15) is 4.79 Å². The van der Waals surface area contributed by atoms with Gasteiger partial charge in [-0.1, -0.05) is 18.2 Å². The van der Waals surface area contributed by atoms with Gasteiger partial charge in [-0.15, -0.1) is 0 Å². The molecule has 1 saturated heterocycles. The van der Waals surface area contributed by atoms with Crippen LogP contribution in [0.2, 0.25) is 0 Å². The van der Waals surface area contributed by atoms with Crippen LogP contribution in [0.5, 0.6) is 17.2 Å². The number of carbonyl (C=O) groups is 1. The molecule has 2 heterocycles. The molecule has 0 unspecified atom stereocenters. The Hall–Kier alpha value is -3.19. The second-order valence-electron chi connectivity index (χ2n) is 7.01. The first-order valence-corrected chi connectivity index (χ1v) is 9.68. The van der Waals surface area contributed by atoms with Crippen molar-refractivity contribution in [3.63, 3.8) is 0 Å². The van der Waals surface area contributed by atoms with E-state index in [2.05, 4.69) is 16.3 Å². The lowest BCUT2D eigenvalue weighted by atomic mass is 10.1. The van der Waals surface area contributed by atoms with Crippen molar-refractivity contribution in [3.05, 3.63) is 59.8 Å². The highest BCUT2D eigenvalue weighted by Gasteiger charge is 2.21. The second kappa shape index (κ2) is 8.87. The van der Waals surface area contributed by atoms with Gasteiger partial charge in [0.1, 0.15) is 5.75 Å². The maximum absolute atomic E-state index is 12.4. The molecule has 2 amide bonds. The molecule has 0 aliphatic carbocycles. The number of fused-ring (bicyclic) bond motifs is 1. The van der Waals surface area contributed by atoms with Gasteiger partial charge in [0.15, 0.2) is 11.5 Å². The molecule has 0 bridgehead atoms. The van der Waals surface area contributed by atoms with Crippen molar-refractivity contribution in [2.24, 2.45) is 0 Å². The largest absolute Gasteiger partial charge is 0.497 e. The Morgan fingerprint density at radius 3 is 2.76 bits per heavy atom. The minimum absolute atomic E-state index is 0.0770. The lowest BCUT2D eigenvalue weighted by Gasteiger charge is -2.34. The first kappa shape index (κ1) is 19.1. The lowest BCUT2D eigenvalue weighted by molar-refractivity contribution is 0.137. The fourth-order valence-corrected chi connectivity index (χ4v) is 3.45. The molecular formula is C22H25N3O4. The summed E-state index contributed by atoms with van der Waals surface area (Å²) in [4.78, 5) is 16.6. The normalized spacial score (nSPS) is 16.2. The molecule has 2 aromatic carbocycles. The zero-order valence-electron chi connectivity index (χ0n) is 16.5. The number of rotatable bonds is 5. The molecule has 0 saturated carbocycles. The van der Waals surface area contributed by atoms with Crippen molar-refractivity contribution >= 4 is 12.1 Å². The van der Waals surface area contributed by atoms with Crippen molar-refractivity contribution in [1.82, 2.24) is 15.1 Å². The smallest absolute Gasteiger partial charge is 0.321 e. The summed E-state index contributed by atoms with van der Waals surface area (Å²) >= 11 is 0. The van der Waals surface area contributed by atoms with Gasteiger partial charge in [-0.2, -0.15) is 0 Å². The molecule has 7 nitrogen and oxygen atoms in total. The third kappa shape index (κ3) is 4.81. The molecule has 0 atom stereocenters.